The minimum Gasteiger partial charge on any atom is -0.490 e. The highest BCUT2D eigenvalue weighted by Crippen LogP contribution is 2.33. The topological polar surface area (TPSA) is 55.8 Å². The average molecular weight is 315 g/mol. The number of carbonyl (C=O) groups excluding carboxylic acids is 1. The molecule has 1 aliphatic rings. The van der Waals surface area contributed by atoms with E-state index in [2.05, 4.69) is 20.7 Å². The first kappa shape index (κ1) is 13.4. The third-order valence-electron chi connectivity index (χ3n) is 3.04. The number of halogens is 1. The van der Waals surface area contributed by atoms with Crippen LogP contribution in [0.25, 0.3) is 0 Å². The summed E-state index contributed by atoms with van der Waals surface area (Å²) in [6, 6.07) is 5.25. The maximum absolute atomic E-state index is 11.4. The van der Waals surface area contributed by atoms with Crippen molar-refractivity contribution >= 4 is 21.9 Å². The second kappa shape index (κ2) is 5.71. The first-order valence-electron chi connectivity index (χ1n) is 5.84. The zero-order chi connectivity index (χ0) is 13.1. The minimum atomic E-state index is -1.32. The number of carbonyl (C=O) groups is 1. The summed E-state index contributed by atoms with van der Waals surface area (Å²) in [6.45, 7) is 0. The van der Waals surface area contributed by atoms with Crippen LogP contribution in [-0.4, -0.2) is 24.3 Å². The Bertz CT molecular complexity index is 443. The summed E-state index contributed by atoms with van der Waals surface area (Å²) in [5.41, 5.74) is 0.433. The van der Waals surface area contributed by atoms with E-state index in [4.69, 9.17) is 4.74 Å². The fourth-order valence-electron chi connectivity index (χ4n) is 1.75. The van der Waals surface area contributed by atoms with Gasteiger partial charge in [-0.15, -0.1) is 0 Å². The molecule has 5 heteroatoms. The van der Waals surface area contributed by atoms with Crippen molar-refractivity contribution in [3.05, 3.63) is 28.2 Å². The Morgan fingerprint density at radius 2 is 2.22 bits per heavy atom. The molecule has 1 fully saturated rings. The molecule has 1 saturated carbocycles. The molecule has 0 aliphatic heterocycles. The van der Waals surface area contributed by atoms with Gasteiger partial charge in [0.2, 0.25) is 0 Å². The van der Waals surface area contributed by atoms with Crippen LogP contribution in [-0.2, 0) is 9.53 Å². The first-order chi connectivity index (χ1) is 8.61. The monoisotopic (exact) mass is 314 g/mol. The molecule has 0 amide bonds. The van der Waals surface area contributed by atoms with Crippen molar-refractivity contribution in [2.75, 3.05) is 7.11 Å². The summed E-state index contributed by atoms with van der Waals surface area (Å²) in [5, 5.41) is 9.92. The summed E-state index contributed by atoms with van der Waals surface area (Å²) in [5.74, 6) is -0.146. The number of benzene rings is 1. The molecule has 1 unspecified atom stereocenters. The van der Waals surface area contributed by atoms with Crippen LogP contribution in [0.4, 0.5) is 0 Å². The molecule has 0 saturated heterocycles. The Labute approximate surface area is 114 Å². The van der Waals surface area contributed by atoms with Crippen LogP contribution in [0.5, 0.6) is 5.75 Å². The van der Waals surface area contributed by atoms with Crippen LogP contribution < -0.4 is 4.74 Å². The molecule has 0 aromatic heterocycles. The molecule has 4 nitrogen and oxygen atoms in total. The van der Waals surface area contributed by atoms with Crippen molar-refractivity contribution < 1.29 is 19.4 Å². The van der Waals surface area contributed by atoms with Gasteiger partial charge in [-0.2, -0.15) is 0 Å². The predicted molar refractivity (Wildman–Crippen MR) is 69.4 cm³/mol. The summed E-state index contributed by atoms with van der Waals surface area (Å²) >= 11 is 3.31. The molecular weight excluding hydrogens is 300 g/mol. The Morgan fingerprint density at radius 3 is 2.78 bits per heavy atom. The lowest BCUT2D eigenvalue weighted by atomic mass is 9.96. The summed E-state index contributed by atoms with van der Waals surface area (Å²) < 4.78 is 11.1. The highest BCUT2D eigenvalue weighted by molar-refractivity contribution is 9.10. The molecule has 0 spiro atoms. The third-order valence-corrected chi connectivity index (χ3v) is 3.53. The molecule has 1 aliphatic carbocycles. The Hall–Kier alpha value is -1.07. The van der Waals surface area contributed by atoms with Crippen LogP contribution in [0.15, 0.2) is 22.7 Å². The Balaban J connectivity index is 2.24. The maximum Gasteiger partial charge on any atom is 0.339 e. The van der Waals surface area contributed by atoms with E-state index in [1.54, 1.807) is 12.1 Å². The van der Waals surface area contributed by atoms with Crippen molar-refractivity contribution in [3.8, 4) is 5.75 Å². The van der Waals surface area contributed by atoms with Gasteiger partial charge in [-0.3, -0.25) is 0 Å². The number of esters is 1. The normalized spacial score (nSPS) is 16.8. The van der Waals surface area contributed by atoms with Gasteiger partial charge in [0.1, 0.15) is 5.75 Å². The van der Waals surface area contributed by atoms with Crippen LogP contribution in [0.1, 0.15) is 30.9 Å². The fourth-order valence-corrected chi connectivity index (χ4v) is 2.13. The maximum atomic E-state index is 11.4. The van der Waals surface area contributed by atoms with Gasteiger partial charge in [-0.05, 0) is 37.5 Å². The lowest BCUT2D eigenvalue weighted by Gasteiger charge is -2.28. The molecule has 1 aromatic carbocycles. The van der Waals surface area contributed by atoms with E-state index < -0.39 is 12.1 Å². The van der Waals surface area contributed by atoms with Crippen molar-refractivity contribution in [2.45, 2.75) is 31.5 Å². The highest BCUT2D eigenvalue weighted by Gasteiger charge is 2.25. The molecular formula is C13H15BrO4. The van der Waals surface area contributed by atoms with E-state index in [9.17, 15) is 9.90 Å². The zero-order valence-electron chi connectivity index (χ0n) is 10.1. The van der Waals surface area contributed by atoms with Crippen LogP contribution in [0.2, 0.25) is 0 Å². The first-order valence-corrected chi connectivity index (χ1v) is 6.63. The van der Waals surface area contributed by atoms with Gasteiger partial charge in [0.05, 0.1) is 13.2 Å². The van der Waals surface area contributed by atoms with Crippen molar-refractivity contribution in [2.24, 2.45) is 0 Å². The van der Waals surface area contributed by atoms with Gasteiger partial charge in [-0.1, -0.05) is 15.9 Å². The smallest absolute Gasteiger partial charge is 0.339 e. The standard InChI is InChI=1S/C13H15BrO4/c1-17-13(16)12(15)10-7-8(14)5-6-11(10)18-9-3-2-4-9/h5-7,9,12,15H,2-4H2,1H3. The van der Waals surface area contributed by atoms with E-state index in [0.29, 0.717) is 11.3 Å². The summed E-state index contributed by atoms with van der Waals surface area (Å²) in [7, 11) is 1.25. The molecule has 18 heavy (non-hydrogen) atoms. The van der Waals surface area contributed by atoms with E-state index >= 15 is 0 Å². The minimum absolute atomic E-state index is 0.190. The Morgan fingerprint density at radius 1 is 1.50 bits per heavy atom. The van der Waals surface area contributed by atoms with Gasteiger partial charge in [-0.25, -0.2) is 4.79 Å². The number of aliphatic hydroxyl groups excluding tert-OH is 1. The van der Waals surface area contributed by atoms with Crippen molar-refractivity contribution in [1.82, 2.24) is 0 Å². The number of aliphatic hydroxyl groups is 1. The molecule has 2 rings (SSSR count). The van der Waals surface area contributed by atoms with E-state index in [1.165, 1.54) is 7.11 Å². The quantitative estimate of drug-likeness (QED) is 0.868. The van der Waals surface area contributed by atoms with Crippen molar-refractivity contribution in [1.29, 1.82) is 0 Å². The summed E-state index contributed by atoms with van der Waals surface area (Å²) in [6.07, 6.45) is 2.07. The molecule has 1 atom stereocenters. The van der Waals surface area contributed by atoms with Crippen LogP contribution in [0, 0.1) is 0 Å². The van der Waals surface area contributed by atoms with Gasteiger partial charge < -0.3 is 14.6 Å². The highest BCUT2D eigenvalue weighted by atomic mass is 79.9. The number of rotatable bonds is 4. The van der Waals surface area contributed by atoms with E-state index in [1.807, 2.05) is 6.07 Å². The number of hydrogen-bond donors (Lipinski definition) is 1. The number of ether oxygens (including phenoxy) is 2. The van der Waals surface area contributed by atoms with E-state index in [-0.39, 0.29) is 6.10 Å². The largest absolute Gasteiger partial charge is 0.490 e. The van der Waals surface area contributed by atoms with Gasteiger partial charge in [0.25, 0.3) is 0 Å². The SMILES string of the molecule is COC(=O)C(O)c1cc(Br)ccc1OC1CCC1. The second-order valence-electron chi connectivity index (χ2n) is 4.28. The van der Waals surface area contributed by atoms with Gasteiger partial charge >= 0.3 is 5.97 Å². The lowest BCUT2D eigenvalue weighted by Crippen LogP contribution is -2.26. The molecule has 0 radical (unpaired) electrons. The fraction of sp³-hybridized carbons (Fsp3) is 0.462. The van der Waals surface area contributed by atoms with Gasteiger partial charge in [0.15, 0.2) is 6.10 Å². The summed E-state index contributed by atoms with van der Waals surface area (Å²) in [4.78, 5) is 11.4. The average Bonchev–Trinajstić information content (AvgIpc) is 2.33. The number of methoxy groups -OCH3 is 1. The molecule has 0 bridgehead atoms. The van der Waals surface area contributed by atoms with Gasteiger partial charge in [0, 0.05) is 10.0 Å². The third kappa shape index (κ3) is 2.84. The van der Waals surface area contributed by atoms with Crippen LogP contribution in [0.3, 0.4) is 0 Å². The second-order valence-corrected chi connectivity index (χ2v) is 5.19. The van der Waals surface area contributed by atoms with E-state index in [0.717, 1.165) is 23.7 Å². The Kier molecular flexibility index (Phi) is 4.24. The predicted octanol–water partition coefficient (Wildman–Crippen LogP) is 2.59. The zero-order valence-corrected chi connectivity index (χ0v) is 11.6. The number of hydrogen-bond acceptors (Lipinski definition) is 4. The van der Waals surface area contributed by atoms with Crippen molar-refractivity contribution in [3.63, 3.8) is 0 Å². The molecule has 1 N–H and O–H groups in total. The lowest BCUT2D eigenvalue weighted by molar-refractivity contribution is -0.150. The molecule has 1 aromatic rings. The molecule has 0 heterocycles. The molecule has 98 valence electrons. The van der Waals surface area contributed by atoms with Crippen LogP contribution >= 0.6 is 15.9 Å².